The fraction of sp³-hybridized carbons (Fsp3) is 0.500. The maximum atomic E-state index is 11.8. The van der Waals surface area contributed by atoms with Crippen molar-refractivity contribution in [1.29, 1.82) is 0 Å². The minimum absolute atomic E-state index is 0.00594. The van der Waals surface area contributed by atoms with Crippen molar-refractivity contribution in [3.05, 3.63) is 29.6 Å². The monoisotopic (exact) mass is 289 g/mol. The number of nitrogens with zero attached hydrogens (tertiary/aromatic N) is 2. The normalized spacial score (nSPS) is 11.3. The van der Waals surface area contributed by atoms with Crippen LogP contribution in [0.3, 0.4) is 0 Å². The number of nitrogens with one attached hydrogen (secondary N) is 1. The van der Waals surface area contributed by atoms with Gasteiger partial charge in [-0.15, -0.1) is 0 Å². The van der Waals surface area contributed by atoms with E-state index in [1.54, 1.807) is 7.11 Å². The summed E-state index contributed by atoms with van der Waals surface area (Å²) in [6, 6.07) is 6.42. The SMILES string of the molecule is COCCNC(=O)Cc1ccc2c(c1)nc(C)n2C(C)C. The quantitative estimate of drug-likeness (QED) is 0.830. The van der Waals surface area contributed by atoms with E-state index < -0.39 is 0 Å². The van der Waals surface area contributed by atoms with Gasteiger partial charge in [0, 0.05) is 19.7 Å². The molecule has 0 unspecified atom stereocenters. The lowest BCUT2D eigenvalue weighted by atomic mass is 10.1. The van der Waals surface area contributed by atoms with E-state index in [4.69, 9.17) is 4.74 Å². The van der Waals surface area contributed by atoms with Gasteiger partial charge in [-0.05, 0) is 38.5 Å². The Morgan fingerprint density at radius 2 is 2.19 bits per heavy atom. The van der Waals surface area contributed by atoms with Crippen LogP contribution < -0.4 is 5.32 Å². The van der Waals surface area contributed by atoms with Crippen LogP contribution in [0.1, 0.15) is 31.3 Å². The third kappa shape index (κ3) is 3.61. The maximum Gasteiger partial charge on any atom is 0.224 e. The largest absolute Gasteiger partial charge is 0.383 e. The van der Waals surface area contributed by atoms with Crippen LogP contribution in [0.5, 0.6) is 0 Å². The molecule has 2 aromatic rings. The summed E-state index contributed by atoms with van der Waals surface area (Å²) < 4.78 is 7.12. The van der Waals surface area contributed by atoms with Gasteiger partial charge < -0.3 is 14.6 Å². The average Bonchev–Trinajstić information content (AvgIpc) is 2.74. The Kier molecular flexibility index (Phi) is 4.96. The summed E-state index contributed by atoms with van der Waals surface area (Å²) >= 11 is 0. The lowest BCUT2D eigenvalue weighted by Crippen LogP contribution is -2.28. The molecule has 0 aliphatic carbocycles. The third-order valence-corrected chi connectivity index (χ3v) is 3.44. The Labute approximate surface area is 125 Å². The number of imidazole rings is 1. The molecule has 0 aliphatic rings. The van der Waals surface area contributed by atoms with Crippen molar-refractivity contribution in [3.63, 3.8) is 0 Å². The third-order valence-electron chi connectivity index (χ3n) is 3.44. The van der Waals surface area contributed by atoms with E-state index in [0.717, 1.165) is 22.4 Å². The van der Waals surface area contributed by atoms with Gasteiger partial charge in [-0.3, -0.25) is 4.79 Å². The molecule has 21 heavy (non-hydrogen) atoms. The standard InChI is InChI=1S/C16H23N3O2/c1-11(2)19-12(3)18-14-9-13(5-6-15(14)19)10-16(20)17-7-8-21-4/h5-6,9,11H,7-8,10H2,1-4H3,(H,17,20). The first-order valence-electron chi connectivity index (χ1n) is 7.26. The smallest absolute Gasteiger partial charge is 0.224 e. The number of carbonyl (C=O) groups is 1. The van der Waals surface area contributed by atoms with Gasteiger partial charge in [-0.2, -0.15) is 0 Å². The highest BCUT2D eigenvalue weighted by Crippen LogP contribution is 2.21. The Balaban J connectivity index is 2.14. The molecule has 0 radical (unpaired) electrons. The minimum atomic E-state index is 0.00594. The van der Waals surface area contributed by atoms with Crippen LogP contribution in [0.15, 0.2) is 18.2 Å². The van der Waals surface area contributed by atoms with Gasteiger partial charge in [0.05, 0.1) is 24.1 Å². The minimum Gasteiger partial charge on any atom is -0.383 e. The predicted octanol–water partition coefficient (Wildman–Crippen LogP) is 2.23. The van der Waals surface area contributed by atoms with Crippen molar-refractivity contribution >= 4 is 16.9 Å². The van der Waals surface area contributed by atoms with Crippen molar-refractivity contribution in [3.8, 4) is 0 Å². The molecule has 0 aliphatic heterocycles. The summed E-state index contributed by atoms with van der Waals surface area (Å²) in [4.78, 5) is 16.4. The van der Waals surface area contributed by atoms with Gasteiger partial charge in [0.15, 0.2) is 0 Å². The second-order valence-electron chi connectivity index (χ2n) is 5.47. The summed E-state index contributed by atoms with van der Waals surface area (Å²) in [7, 11) is 1.62. The summed E-state index contributed by atoms with van der Waals surface area (Å²) in [6.07, 6.45) is 0.368. The molecule has 0 bridgehead atoms. The van der Waals surface area contributed by atoms with Crippen LogP contribution in [-0.4, -0.2) is 35.7 Å². The average molecular weight is 289 g/mol. The van der Waals surface area contributed by atoms with E-state index in [0.29, 0.717) is 25.6 Å². The van der Waals surface area contributed by atoms with Crippen molar-refractivity contribution in [2.24, 2.45) is 0 Å². The molecule has 5 heteroatoms. The molecule has 114 valence electrons. The molecule has 1 amide bonds. The molecule has 2 rings (SSSR count). The number of benzene rings is 1. The van der Waals surface area contributed by atoms with Crippen molar-refractivity contribution in [2.75, 3.05) is 20.3 Å². The number of carbonyl (C=O) groups excluding carboxylic acids is 1. The molecule has 0 fully saturated rings. The molecular formula is C16H23N3O2. The molecule has 0 spiro atoms. The zero-order valence-electron chi connectivity index (χ0n) is 13.1. The van der Waals surface area contributed by atoms with Gasteiger partial charge in [0.2, 0.25) is 5.91 Å². The zero-order valence-corrected chi connectivity index (χ0v) is 13.1. The van der Waals surface area contributed by atoms with Crippen LogP contribution in [0.4, 0.5) is 0 Å². The second kappa shape index (κ2) is 6.72. The first kappa shape index (κ1) is 15.5. The van der Waals surface area contributed by atoms with Gasteiger partial charge in [0.25, 0.3) is 0 Å². The molecule has 0 saturated heterocycles. The van der Waals surface area contributed by atoms with E-state index in [2.05, 4.69) is 28.7 Å². The second-order valence-corrected chi connectivity index (χ2v) is 5.47. The highest BCUT2D eigenvalue weighted by Gasteiger charge is 2.11. The number of rotatable bonds is 6. The topological polar surface area (TPSA) is 56.1 Å². The molecule has 1 aromatic heterocycles. The van der Waals surface area contributed by atoms with Crippen LogP contribution in [0, 0.1) is 6.92 Å². The van der Waals surface area contributed by atoms with E-state index in [1.165, 1.54) is 0 Å². The number of amides is 1. The molecular weight excluding hydrogens is 266 g/mol. The Morgan fingerprint density at radius 1 is 1.43 bits per heavy atom. The molecule has 0 saturated carbocycles. The summed E-state index contributed by atoms with van der Waals surface area (Å²) in [6.45, 7) is 7.37. The van der Waals surface area contributed by atoms with Crippen LogP contribution >= 0.6 is 0 Å². The fourth-order valence-corrected chi connectivity index (χ4v) is 2.57. The molecule has 1 N–H and O–H groups in total. The van der Waals surface area contributed by atoms with Crippen LogP contribution in [0.25, 0.3) is 11.0 Å². The van der Waals surface area contributed by atoms with Gasteiger partial charge >= 0.3 is 0 Å². The number of ether oxygens (including phenoxy) is 1. The van der Waals surface area contributed by atoms with Crippen LogP contribution in [0.2, 0.25) is 0 Å². The number of fused-ring (bicyclic) bond motifs is 1. The first-order valence-corrected chi connectivity index (χ1v) is 7.26. The van der Waals surface area contributed by atoms with Gasteiger partial charge in [0.1, 0.15) is 5.82 Å². The van der Waals surface area contributed by atoms with Crippen molar-refractivity contribution in [1.82, 2.24) is 14.9 Å². The highest BCUT2D eigenvalue weighted by atomic mass is 16.5. The maximum absolute atomic E-state index is 11.8. The Hall–Kier alpha value is -1.88. The molecule has 5 nitrogen and oxygen atoms in total. The molecule has 1 aromatic carbocycles. The highest BCUT2D eigenvalue weighted by molar-refractivity contribution is 5.82. The molecule has 1 heterocycles. The lowest BCUT2D eigenvalue weighted by molar-refractivity contribution is -0.120. The van der Waals surface area contributed by atoms with E-state index in [-0.39, 0.29) is 5.91 Å². The Morgan fingerprint density at radius 3 is 2.86 bits per heavy atom. The summed E-state index contributed by atoms with van der Waals surface area (Å²) in [5.41, 5.74) is 3.04. The van der Waals surface area contributed by atoms with E-state index in [9.17, 15) is 4.79 Å². The first-order chi connectivity index (χ1) is 10.0. The van der Waals surface area contributed by atoms with Gasteiger partial charge in [-0.1, -0.05) is 6.07 Å². The number of methoxy groups -OCH3 is 1. The number of hydrogen-bond acceptors (Lipinski definition) is 3. The summed E-state index contributed by atoms with van der Waals surface area (Å²) in [5, 5.41) is 2.83. The summed E-state index contributed by atoms with van der Waals surface area (Å²) in [5.74, 6) is 1.01. The van der Waals surface area contributed by atoms with Crippen LogP contribution in [-0.2, 0) is 16.0 Å². The van der Waals surface area contributed by atoms with Gasteiger partial charge in [-0.25, -0.2) is 4.98 Å². The number of hydrogen-bond donors (Lipinski definition) is 1. The van der Waals surface area contributed by atoms with Crippen molar-refractivity contribution in [2.45, 2.75) is 33.2 Å². The van der Waals surface area contributed by atoms with E-state index in [1.807, 2.05) is 25.1 Å². The Bertz CT molecular complexity index is 632. The zero-order chi connectivity index (χ0) is 15.4. The molecule has 0 atom stereocenters. The lowest BCUT2D eigenvalue weighted by Gasteiger charge is -2.10. The van der Waals surface area contributed by atoms with Crippen molar-refractivity contribution < 1.29 is 9.53 Å². The predicted molar refractivity (Wildman–Crippen MR) is 83.4 cm³/mol. The fourth-order valence-electron chi connectivity index (χ4n) is 2.57. The number of aromatic nitrogens is 2. The number of aryl methyl sites for hydroxylation is 1. The van der Waals surface area contributed by atoms with E-state index >= 15 is 0 Å².